The molecule has 3 nitrogen and oxygen atoms in total. The van der Waals surface area contributed by atoms with Gasteiger partial charge in [0.15, 0.2) is 0 Å². The van der Waals surface area contributed by atoms with Crippen LogP contribution in [0.15, 0.2) is 24.6 Å². The van der Waals surface area contributed by atoms with E-state index in [4.69, 9.17) is 0 Å². The van der Waals surface area contributed by atoms with Gasteiger partial charge in [0.25, 0.3) is 10.1 Å². The molecule has 0 aliphatic heterocycles. The van der Waals surface area contributed by atoms with Crippen molar-refractivity contribution >= 4 is 29.0 Å². The van der Waals surface area contributed by atoms with Gasteiger partial charge in [-0.2, -0.15) is 8.42 Å². The molecule has 0 aliphatic rings. The zero-order valence-corrected chi connectivity index (χ0v) is 5.73. The van der Waals surface area contributed by atoms with E-state index in [1.165, 1.54) is 6.08 Å². The summed E-state index contributed by atoms with van der Waals surface area (Å²) in [4.78, 5) is 0. The number of hydrogen-bond donors (Lipinski definition) is 0. The summed E-state index contributed by atoms with van der Waals surface area (Å²) in [5.41, 5.74) is 0. The van der Waals surface area contributed by atoms with Gasteiger partial charge in [0, 0.05) is 0 Å². The molecule has 0 aliphatic carbocycles. The Bertz CT molecular complexity index is 195. The van der Waals surface area contributed by atoms with Crippen molar-refractivity contribution in [3.8, 4) is 0 Å². The molecule has 0 fully saturated rings. The average Bonchev–Trinajstić information content (AvgIpc) is 1.84. The Hall–Kier alpha value is -0.0126. The van der Waals surface area contributed by atoms with Crippen LogP contribution in [0.1, 0.15) is 0 Å². The molecule has 0 radical (unpaired) electrons. The minimum absolute atomic E-state index is 0. The van der Waals surface area contributed by atoms with Gasteiger partial charge in [-0.3, -0.25) is 4.18 Å². The summed E-state index contributed by atoms with van der Waals surface area (Å²) in [6.45, 7) is 6.31. The summed E-state index contributed by atoms with van der Waals surface area (Å²) in [7, 11) is -3.49. The van der Waals surface area contributed by atoms with Crippen LogP contribution >= 0.6 is 0 Å². The van der Waals surface area contributed by atoms with Gasteiger partial charge in [-0.15, -0.1) is 6.58 Å². The number of rotatable bonds is 4. The quantitative estimate of drug-likeness (QED) is 0.327. The Morgan fingerprint density at radius 1 is 1.40 bits per heavy atom. The Morgan fingerprint density at radius 3 is 2.20 bits per heavy atom. The van der Waals surface area contributed by atoms with Crippen molar-refractivity contribution in [3.05, 3.63) is 24.6 Å². The van der Waals surface area contributed by atoms with Crippen molar-refractivity contribution in [2.45, 2.75) is 0 Å². The Morgan fingerprint density at radius 2 is 1.90 bits per heavy atom. The molecule has 10 heavy (non-hydrogen) atoms. The van der Waals surface area contributed by atoms with Crippen molar-refractivity contribution in [3.63, 3.8) is 0 Å². The van der Waals surface area contributed by atoms with Crippen molar-refractivity contribution in [1.29, 1.82) is 0 Å². The molecule has 0 bridgehead atoms. The van der Waals surface area contributed by atoms with Gasteiger partial charge in [-0.05, 0) is 0 Å². The molecule has 0 aromatic heterocycles. The summed E-state index contributed by atoms with van der Waals surface area (Å²) in [6.07, 6.45) is 1.35. The van der Waals surface area contributed by atoms with E-state index >= 15 is 0 Å². The van der Waals surface area contributed by atoms with E-state index in [0.717, 1.165) is 5.41 Å². The van der Waals surface area contributed by atoms with Crippen molar-refractivity contribution in [1.82, 2.24) is 0 Å². The second-order valence-electron chi connectivity index (χ2n) is 1.23. The van der Waals surface area contributed by atoms with E-state index in [2.05, 4.69) is 17.3 Å². The van der Waals surface area contributed by atoms with E-state index in [-0.39, 0.29) is 25.5 Å². The van der Waals surface area contributed by atoms with Gasteiger partial charge in [0.05, 0.1) is 12.0 Å². The number of hydrogen-bond acceptors (Lipinski definition) is 3. The molecule has 0 unspecified atom stereocenters. The first-order chi connectivity index (χ1) is 4.12. The van der Waals surface area contributed by atoms with Crippen LogP contribution in [0.3, 0.4) is 0 Å². The van der Waals surface area contributed by atoms with Crippen molar-refractivity contribution in [2.75, 3.05) is 6.61 Å². The molecule has 0 N–H and O–H groups in total. The Kier molecular flexibility index (Phi) is 7.27. The van der Waals surface area contributed by atoms with E-state index < -0.39 is 10.1 Å². The third kappa shape index (κ3) is 6.11. The van der Waals surface area contributed by atoms with Crippen molar-refractivity contribution in [2.24, 2.45) is 0 Å². The fraction of sp³-hybridized carbons (Fsp3) is 0.200. The van der Waals surface area contributed by atoms with Crippen LogP contribution < -0.4 is 0 Å². The summed E-state index contributed by atoms with van der Waals surface area (Å²) in [5, 5.41) is 0.747. The molecule has 0 saturated heterocycles. The molecule has 0 atom stereocenters. The van der Waals surface area contributed by atoms with Crippen LogP contribution in [0.25, 0.3) is 0 Å². The van der Waals surface area contributed by atoms with Gasteiger partial charge in [-0.1, -0.05) is 12.7 Å². The molecule has 0 aromatic carbocycles. The molecule has 0 saturated carbocycles. The molecule has 54 valence electrons. The first-order valence-corrected chi connectivity index (χ1v) is 3.72. The Balaban J connectivity index is 0. The molecule has 0 heterocycles. The van der Waals surface area contributed by atoms with Crippen LogP contribution in [0.5, 0.6) is 0 Å². The summed E-state index contributed by atoms with van der Waals surface area (Å²) < 4.78 is 25.0. The van der Waals surface area contributed by atoms with Gasteiger partial charge >= 0.3 is 18.9 Å². The first-order valence-electron chi connectivity index (χ1n) is 2.25. The van der Waals surface area contributed by atoms with Crippen LogP contribution in [-0.4, -0.2) is 33.9 Å². The molecule has 0 amide bonds. The predicted molar refractivity (Wildman–Crippen MR) is 42.4 cm³/mol. The maximum absolute atomic E-state index is 10.4. The van der Waals surface area contributed by atoms with E-state index in [9.17, 15) is 8.42 Å². The van der Waals surface area contributed by atoms with E-state index in [0.29, 0.717) is 0 Å². The monoisotopic (exact) mass is 156 g/mol. The zero-order chi connectivity index (χ0) is 7.33. The van der Waals surface area contributed by atoms with Crippen molar-refractivity contribution < 1.29 is 12.6 Å². The van der Waals surface area contributed by atoms with Crippen LogP contribution in [0, 0.1) is 0 Å². The molecule has 0 spiro atoms. The standard InChI is InChI=1S/C5H8O3S.Li.H/c1-3-5-8-9(6,7)4-2;;/h3-4H,1-2,5H2;;. The predicted octanol–water partition coefficient (Wildman–Crippen LogP) is 0.0138. The third-order valence-corrected chi connectivity index (χ3v) is 1.43. The average molecular weight is 156 g/mol. The summed E-state index contributed by atoms with van der Waals surface area (Å²) in [6, 6.07) is 0. The second kappa shape index (κ2) is 5.75. The van der Waals surface area contributed by atoms with Crippen LogP contribution in [0.4, 0.5) is 0 Å². The molecule has 0 aromatic rings. The summed E-state index contributed by atoms with van der Waals surface area (Å²) in [5.74, 6) is 0. The van der Waals surface area contributed by atoms with Crippen LogP contribution in [0.2, 0.25) is 0 Å². The SMILES string of the molecule is C=CCOS(=O)(=O)C=C.[LiH]. The maximum atomic E-state index is 10.4. The Labute approximate surface area is 73.1 Å². The van der Waals surface area contributed by atoms with Gasteiger partial charge in [-0.25, -0.2) is 0 Å². The fourth-order valence-corrected chi connectivity index (χ4v) is 0.573. The molecule has 5 heteroatoms. The minimum atomic E-state index is -3.49. The summed E-state index contributed by atoms with van der Waals surface area (Å²) >= 11 is 0. The van der Waals surface area contributed by atoms with Gasteiger partial charge in [0.2, 0.25) is 0 Å². The molecular formula is C5H9LiO3S. The van der Waals surface area contributed by atoms with Gasteiger partial charge < -0.3 is 0 Å². The van der Waals surface area contributed by atoms with Gasteiger partial charge in [0.1, 0.15) is 0 Å². The zero-order valence-electron chi connectivity index (χ0n) is 4.91. The third-order valence-electron chi connectivity index (χ3n) is 0.554. The molecular weight excluding hydrogens is 147 g/mol. The van der Waals surface area contributed by atoms with E-state index in [1.807, 2.05) is 0 Å². The fourth-order valence-electron chi connectivity index (χ4n) is 0.191. The second-order valence-corrected chi connectivity index (χ2v) is 2.79. The first kappa shape index (κ1) is 12.6. The van der Waals surface area contributed by atoms with E-state index in [1.54, 1.807) is 0 Å². The molecule has 0 rings (SSSR count). The normalized spacial score (nSPS) is 9.60. The van der Waals surface area contributed by atoms with Crippen LogP contribution in [-0.2, 0) is 14.3 Å². The topological polar surface area (TPSA) is 43.4 Å².